The van der Waals surface area contributed by atoms with Crippen LogP contribution in [0.4, 0.5) is 0 Å². The van der Waals surface area contributed by atoms with E-state index >= 15 is 0 Å². The molecule has 1 rings (SSSR count). The molecule has 1 nitrogen and oxygen atoms in total. The highest BCUT2D eigenvalue weighted by Gasteiger charge is 2.22. The first-order valence-electron chi connectivity index (χ1n) is 11.1. The molecule has 0 aromatic rings. The van der Waals surface area contributed by atoms with Gasteiger partial charge in [0.05, 0.1) is 0 Å². The Morgan fingerprint density at radius 2 is 1.43 bits per heavy atom. The van der Waals surface area contributed by atoms with E-state index < -0.39 is 0 Å². The Morgan fingerprint density at radius 1 is 0.783 bits per heavy atom. The molecule has 0 N–H and O–H groups in total. The minimum absolute atomic E-state index is 0.912. The summed E-state index contributed by atoms with van der Waals surface area (Å²) in [5.74, 6) is 0.944. The van der Waals surface area contributed by atoms with Crippen molar-refractivity contribution in [1.29, 1.82) is 0 Å². The van der Waals surface area contributed by atoms with E-state index in [2.05, 4.69) is 25.7 Å². The van der Waals surface area contributed by atoms with Gasteiger partial charge in [0.1, 0.15) is 0 Å². The second kappa shape index (κ2) is 14.3. The number of hydrogen-bond donors (Lipinski definition) is 0. The first-order valence-corrected chi connectivity index (χ1v) is 11.1. The van der Waals surface area contributed by atoms with E-state index in [0.717, 1.165) is 12.0 Å². The zero-order chi connectivity index (χ0) is 16.8. The summed E-state index contributed by atoms with van der Waals surface area (Å²) in [4.78, 5) is 2.92. The van der Waals surface area contributed by atoms with Crippen LogP contribution in [0.5, 0.6) is 0 Å². The molecule has 1 atom stereocenters. The van der Waals surface area contributed by atoms with Crippen molar-refractivity contribution in [3.05, 3.63) is 0 Å². The van der Waals surface area contributed by atoms with Gasteiger partial charge in [0.15, 0.2) is 0 Å². The number of unbranched alkanes of at least 4 members (excludes halogenated alkanes) is 6. The molecule has 23 heavy (non-hydrogen) atoms. The van der Waals surface area contributed by atoms with Crippen LogP contribution in [-0.4, -0.2) is 24.0 Å². The Morgan fingerprint density at radius 3 is 2.04 bits per heavy atom. The van der Waals surface area contributed by atoms with Crippen LogP contribution in [0.3, 0.4) is 0 Å². The molecular weight excluding hydrogens is 278 g/mol. The predicted octanol–water partition coefficient (Wildman–Crippen LogP) is 7.20. The topological polar surface area (TPSA) is 3.24 Å². The lowest BCUT2D eigenvalue weighted by Gasteiger charge is -2.36. The lowest BCUT2D eigenvalue weighted by molar-refractivity contribution is 0.125. The molecule has 0 aliphatic heterocycles. The monoisotopic (exact) mass is 323 g/mol. The van der Waals surface area contributed by atoms with Crippen LogP contribution in [0.15, 0.2) is 0 Å². The maximum atomic E-state index is 2.92. The summed E-state index contributed by atoms with van der Waals surface area (Å²) in [5, 5.41) is 0. The fourth-order valence-electron chi connectivity index (χ4n) is 4.23. The SMILES string of the molecule is CCCCCCC(CC)CN(CCCCCC)C1CCCCC1. The highest BCUT2D eigenvalue weighted by Crippen LogP contribution is 2.25. The maximum absolute atomic E-state index is 2.92. The average molecular weight is 324 g/mol. The highest BCUT2D eigenvalue weighted by atomic mass is 15.2. The maximum Gasteiger partial charge on any atom is 0.00953 e. The van der Waals surface area contributed by atoms with Gasteiger partial charge in [-0.25, -0.2) is 0 Å². The molecule has 1 saturated carbocycles. The largest absolute Gasteiger partial charge is 0.300 e. The van der Waals surface area contributed by atoms with E-state index in [1.54, 1.807) is 0 Å². The van der Waals surface area contributed by atoms with Gasteiger partial charge in [0.2, 0.25) is 0 Å². The third kappa shape index (κ3) is 9.75. The van der Waals surface area contributed by atoms with Gasteiger partial charge in [0, 0.05) is 12.6 Å². The second-order valence-corrected chi connectivity index (χ2v) is 7.97. The average Bonchev–Trinajstić information content (AvgIpc) is 2.60. The lowest BCUT2D eigenvalue weighted by atomic mass is 9.91. The predicted molar refractivity (Wildman–Crippen MR) is 105 cm³/mol. The van der Waals surface area contributed by atoms with E-state index in [9.17, 15) is 0 Å². The zero-order valence-electron chi connectivity index (χ0n) is 16.6. The van der Waals surface area contributed by atoms with E-state index in [0.29, 0.717) is 0 Å². The van der Waals surface area contributed by atoms with Crippen molar-refractivity contribution in [2.45, 2.75) is 123 Å². The quantitative estimate of drug-likeness (QED) is 0.305. The van der Waals surface area contributed by atoms with Gasteiger partial charge in [-0.05, 0) is 38.1 Å². The molecule has 1 unspecified atom stereocenters. The van der Waals surface area contributed by atoms with Crippen molar-refractivity contribution in [1.82, 2.24) is 4.90 Å². The Kier molecular flexibility index (Phi) is 13.1. The fraction of sp³-hybridized carbons (Fsp3) is 1.00. The smallest absolute Gasteiger partial charge is 0.00953 e. The first kappa shape index (κ1) is 21.0. The lowest BCUT2D eigenvalue weighted by Crippen LogP contribution is -2.40. The Balaban J connectivity index is 2.40. The van der Waals surface area contributed by atoms with Gasteiger partial charge in [-0.3, -0.25) is 0 Å². The van der Waals surface area contributed by atoms with Crippen molar-refractivity contribution >= 4 is 0 Å². The molecule has 0 aromatic carbocycles. The summed E-state index contributed by atoms with van der Waals surface area (Å²) >= 11 is 0. The van der Waals surface area contributed by atoms with Crippen LogP contribution in [0.25, 0.3) is 0 Å². The van der Waals surface area contributed by atoms with E-state index in [1.165, 1.54) is 109 Å². The molecule has 1 aliphatic carbocycles. The summed E-state index contributed by atoms with van der Waals surface area (Å²) in [6, 6.07) is 0.912. The molecule has 0 amide bonds. The molecule has 0 saturated heterocycles. The molecule has 1 fully saturated rings. The Bertz CT molecular complexity index is 244. The van der Waals surface area contributed by atoms with Crippen LogP contribution >= 0.6 is 0 Å². The molecule has 138 valence electrons. The summed E-state index contributed by atoms with van der Waals surface area (Å²) in [6.45, 7) is 9.82. The van der Waals surface area contributed by atoms with Gasteiger partial charge in [-0.1, -0.05) is 91.4 Å². The highest BCUT2D eigenvalue weighted by molar-refractivity contribution is 4.78. The van der Waals surface area contributed by atoms with E-state index in [1.807, 2.05) is 0 Å². The van der Waals surface area contributed by atoms with Crippen molar-refractivity contribution in [3.63, 3.8) is 0 Å². The summed E-state index contributed by atoms with van der Waals surface area (Å²) in [7, 11) is 0. The normalized spacial score (nSPS) is 17.7. The molecule has 0 radical (unpaired) electrons. The first-order chi connectivity index (χ1) is 11.3. The van der Waals surface area contributed by atoms with Crippen LogP contribution in [0.2, 0.25) is 0 Å². The minimum atomic E-state index is 0.912. The third-order valence-corrected chi connectivity index (χ3v) is 5.93. The van der Waals surface area contributed by atoms with Crippen LogP contribution in [0.1, 0.15) is 117 Å². The summed E-state index contributed by atoms with van der Waals surface area (Å²) < 4.78 is 0. The summed E-state index contributed by atoms with van der Waals surface area (Å²) in [6.07, 6.45) is 21.6. The Hall–Kier alpha value is -0.0400. The zero-order valence-corrected chi connectivity index (χ0v) is 16.6. The number of nitrogens with zero attached hydrogens (tertiary/aromatic N) is 1. The molecular formula is C22H45N. The van der Waals surface area contributed by atoms with Gasteiger partial charge in [0.25, 0.3) is 0 Å². The van der Waals surface area contributed by atoms with Crippen molar-refractivity contribution < 1.29 is 0 Å². The van der Waals surface area contributed by atoms with Gasteiger partial charge in [-0.2, -0.15) is 0 Å². The van der Waals surface area contributed by atoms with Crippen LogP contribution in [0, 0.1) is 5.92 Å². The van der Waals surface area contributed by atoms with Crippen molar-refractivity contribution in [3.8, 4) is 0 Å². The van der Waals surface area contributed by atoms with Crippen LogP contribution in [-0.2, 0) is 0 Å². The molecule has 0 heterocycles. The minimum Gasteiger partial charge on any atom is -0.300 e. The Labute approximate surface area is 147 Å². The molecule has 0 bridgehead atoms. The van der Waals surface area contributed by atoms with Gasteiger partial charge < -0.3 is 4.90 Å². The molecule has 1 heteroatoms. The van der Waals surface area contributed by atoms with E-state index in [4.69, 9.17) is 0 Å². The molecule has 0 aromatic heterocycles. The van der Waals surface area contributed by atoms with Gasteiger partial charge >= 0.3 is 0 Å². The van der Waals surface area contributed by atoms with Crippen molar-refractivity contribution in [2.24, 2.45) is 5.92 Å². The van der Waals surface area contributed by atoms with Gasteiger partial charge in [-0.15, -0.1) is 0 Å². The van der Waals surface area contributed by atoms with Crippen LogP contribution < -0.4 is 0 Å². The molecule has 0 spiro atoms. The standard InChI is InChI=1S/C22H45N/c1-4-7-9-12-16-21(6-3)20-23(19-15-10-8-5-2)22-17-13-11-14-18-22/h21-22H,4-20H2,1-3H3. The fourth-order valence-corrected chi connectivity index (χ4v) is 4.23. The number of rotatable bonds is 14. The van der Waals surface area contributed by atoms with Crippen molar-refractivity contribution in [2.75, 3.05) is 13.1 Å². The number of hydrogen-bond acceptors (Lipinski definition) is 1. The van der Waals surface area contributed by atoms with E-state index in [-0.39, 0.29) is 0 Å². The second-order valence-electron chi connectivity index (χ2n) is 7.97. The third-order valence-electron chi connectivity index (χ3n) is 5.93. The molecule has 1 aliphatic rings. The summed E-state index contributed by atoms with van der Waals surface area (Å²) in [5.41, 5.74) is 0.